The zero-order chi connectivity index (χ0) is 18.8. The molecule has 0 unspecified atom stereocenters. The molecule has 6 nitrogen and oxygen atoms in total. The van der Waals surface area contributed by atoms with Crippen LogP contribution in [0.2, 0.25) is 0 Å². The van der Waals surface area contributed by atoms with Gasteiger partial charge in [-0.25, -0.2) is 0 Å². The zero-order valence-corrected chi connectivity index (χ0v) is 15.3. The number of hydrogen-bond acceptors (Lipinski definition) is 4. The number of nitrogens with one attached hydrogen (secondary N) is 1. The number of aliphatic carboxylic acids is 1. The summed E-state index contributed by atoms with van der Waals surface area (Å²) in [5, 5.41) is 12.1. The van der Waals surface area contributed by atoms with Gasteiger partial charge in [0.15, 0.2) is 5.78 Å². The average molecular weight is 358 g/mol. The van der Waals surface area contributed by atoms with Crippen LogP contribution in [-0.2, 0) is 4.79 Å². The van der Waals surface area contributed by atoms with Crippen LogP contribution in [0, 0.1) is 12.8 Å². The molecule has 2 saturated carbocycles. The standard InChI is InChI=1S/C20H26N2O4/c1-12-3-6-15(7-18(12)13(2)23)20(26)21-16-8-17(9-16)22(11-19(24)25)10-14-4-5-14/h3,6-7,14,16-17H,4-5,8-11H2,1-2H3,(H,21,26)(H,24,25). The second-order valence-corrected chi connectivity index (χ2v) is 7.65. The molecule has 1 aromatic rings. The van der Waals surface area contributed by atoms with E-state index in [1.54, 1.807) is 18.2 Å². The summed E-state index contributed by atoms with van der Waals surface area (Å²) in [5.74, 6) is -0.386. The lowest BCUT2D eigenvalue weighted by Gasteiger charge is -2.42. The Morgan fingerprint density at radius 2 is 1.92 bits per heavy atom. The SMILES string of the molecule is CC(=O)c1cc(C(=O)NC2CC(N(CC(=O)O)CC3CC3)C2)ccc1C. The van der Waals surface area contributed by atoms with Gasteiger partial charge in [-0.1, -0.05) is 6.07 Å². The Labute approximate surface area is 153 Å². The third-order valence-corrected chi connectivity index (χ3v) is 5.37. The van der Waals surface area contributed by atoms with E-state index >= 15 is 0 Å². The van der Waals surface area contributed by atoms with Gasteiger partial charge in [-0.05, 0) is 63.1 Å². The fraction of sp³-hybridized carbons (Fsp3) is 0.550. The maximum Gasteiger partial charge on any atom is 0.317 e. The van der Waals surface area contributed by atoms with Crippen LogP contribution >= 0.6 is 0 Å². The zero-order valence-electron chi connectivity index (χ0n) is 15.3. The molecule has 26 heavy (non-hydrogen) atoms. The summed E-state index contributed by atoms with van der Waals surface area (Å²) in [7, 11) is 0. The van der Waals surface area contributed by atoms with Crippen molar-refractivity contribution in [2.75, 3.05) is 13.1 Å². The van der Waals surface area contributed by atoms with Gasteiger partial charge in [0, 0.05) is 29.8 Å². The maximum absolute atomic E-state index is 12.4. The number of Topliss-reactive ketones (excluding diaryl/α,β-unsaturated/α-hetero) is 1. The molecule has 1 aromatic carbocycles. The maximum atomic E-state index is 12.4. The molecule has 0 aromatic heterocycles. The predicted octanol–water partition coefficient (Wildman–Crippen LogP) is 2.26. The van der Waals surface area contributed by atoms with E-state index in [4.69, 9.17) is 5.11 Å². The number of carboxylic acid groups (broad SMARTS) is 1. The molecule has 2 fully saturated rings. The van der Waals surface area contributed by atoms with Crippen molar-refractivity contribution in [2.45, 2.75) is 51.6 Å². The molecule has 0 radical (unpaired) electrons. The van der Waals surface area contributed by atoms with Crippen molar-refractivity contribution in [1.82, 2.24) is 10.2 Å². The van der Waals surface area contributed by atoms with Gasteiger partial charge in [0.2, 0.25) is 0 Å². The van der Waals surface area contributed by atoms with Crippen molar-refractivity contribution >= 4 is 17.7 Å². The summed E-state index contributed by atoms with van der Waals surface area (Å²) in [6.07, 6.45) is 3.93. The summed E-state index contributed by atoms with van der Waals surface area (Å²) in [6.45, 7) is 4.27. The van der Waals surface area contributed by atoms with E-state index < -0.39 is 5.97 Å². The lowest BCUT2D eigenvalue weighted by Crippen LogP contribution is -2.55. The van der Waals surface area contributed by atoms with Crippen LogP contribution in [-0.4, -0.2) is 52.8 Å². The molecule has 0 saturated heterocycles. The van der Waals surface area contributed by atoms with Gasteiger partial charge < -0.3 is 10.4 Å². The Kier molecular flexibility index (Phi) is 5.41. The normalized spacial score (nSPS) is 22.0. The molecular formula is C20H26N2O4. The van der Waals surface area contributed by atoms with Gasteiger partial charge >= 0.3 is 5.97 Å². The van der Waals surface area contributed by atoms with Crippen molar-refractivity contribution in [1.29, 1.82) is 0 Å². The number of carbonyl (C=O) groups is 3. The number of rotatable bonds is 8. The molecule has 2 aliphatic rings. The number of carbonyl (C=O) groups excluding carboxylic acids is 2. The minimum absolute atomic E-state index is 0.0507. The molecule has 3 rings (SSSR count). The highest BCUT2D eigenvalue weighted by Gasteiger charge is 2.37. The largest absolute Gasteiger partial charge is 0.480 e. The summed E-state index contributed by atoms with van der Waals surface area (Å²) >= 11 is 0. The topological polar surface area (TPSA) is 86.7 Å². The first-order valence-electron chi connectivity index (χ1n) is 9.21. The van der Waals surface area contributed by atoms with E-state index in [-0.39, 0.29) is 30.3 Å². The van der Waals surface area contributed by atoms with Gasteiger partial charge in [-0.15, -0.1) is 0 Å². The molecule has 6 heteroatoms. The second kappa shape index (κ2) is 7.58. The predicted molar refractivity (Wildman–Crippen MR) is 97.4 cm³/mol. The van der Waals surface area contributed by atoms with Crippen molar-refractivity contribution < 1.29 is 19.5 Å². The Morgan fingerprint density at radius 3 is 2.50 bits per heavy atom. The fourth-order valence-electron chi connectivity index (χ4n) is 3.56. The minimum atomic E-state index is -0.797. The molecule has 0 bridgehead atoms. The van der Waals surface area contributed by atoms with Crippen LogP contribution in [0.15, 0.2) is 18.2 Å². The molecule has 2 aliphatic carbocycles. The smallest absolute Gasteiger partial charge is 0.317 e. The summed E-state index contributed by atoms with van der Waals surface area (Å²) in [4.78, 5) is 37.2. The lowest BCUT2D eigenvalue weighted by molar-refractivity contribution is -0.139. The Morgan fingerprint density at radius 1 is 1.23 bits per heavy atom. The number of hydrogen-bond donors (Lipinski definition) is 2. The summed E-state index contributed by atoms with van der Waals surface area (Å²) < 4.78 is 0. The van der Waals surface area contributed by atoms with Crippen LogP contribution in [0.5, 0.6) is 0 Å². The fourth-order valence-corrected chi connectivity index (χ4v) is 3.56. The Balaban J connectivity index is 1.54. The molecular weight excluding hydrogens is 332 g/mol. The molecule has 2 N–H and O–H groups in total. The van der Waals surface area contributed by atoms with Gasteiger partial charge in [-0.3, -0.25) is 19.3 Å². The van der Waals surface area contributed by atoms with Crippen molar-refractivity contribution in [3.63, 3.8) is 0 Å². The molecule has 1 amide bonds. The van der Waals surface area contributed by atoms with Crippen molar-refractivity contribution in [2.24, 2.45) is 5.92 Å². The van der Waals surface area contributed by atoms with E-state index in [0.29, 0.717) is 17.0 Å². The quantitative estimate of drug-likeness (QED) is 0.696. The highest BCUT2D eigenvalue weighted by atomic mass is 16.4. The Bertz CT molecular complexity index is 721. The number of nitrogens with zero attached hydrogens (tertiary/aromatic N) is 1. The minimum Gasteiger partial charge on any atom is -0.480 e. The number of benzene rings is 1. The van der Waals surface area contributed by atoms with Gasteiger partial charge in [-0.2, -0.15) is 0 Å². The third kappa shape index (κ3) is 4.49. The van der Waals surface area contributed by atoms with E-state index in [1.807, 2.05) is 11.8 Å². The first-order chi connectivity index (χ1) is 12.3. The van der Waals surface area contributed by atoms with E-state index in [0.717, 1.165) is 24.9 Å². The van der Waals surface area contributed by atoms with Gasteiger partial charge in [0.1, 0.15) is 0 Å². The van der Waals surface area contributed by atoms with Crippen LogP contribution in [0.25, 0.3) is 0 Å². The summed E-state index contributed by atoms with van der Waals surface area (Å²) in [6, 6.07) is 5.46. The van der Waals surface area contributed by atoms with E-state index in [1.165, 1.54) is 19.8 Å². The molecule has 140 valence electrons. The van der Waals surface area contributed by atoms with Crippen LogP contribution < -0.4 is 5.32 Å². The molecule has 0 heterocycles. The first kappa shape index (κ1) is 18.6. The second-order valence-electron chi connectivity index (χ2n) is 7.65. The van der Waals surface area contributed by atoms with Gasteiger partial charge in [0.05, 0.1) is 6.54 Å². The highest BCUT2D eigenvalue weighted by Crippen LogP contribution is 2.33. The molecule has 0 spiro atoms. The monoisotopic (exact) mass is 358 g/mol. The lowest BCUT2D eigenvalue weighted by atomic mass is 9.85. The summed E-state index contributed by atoms with van der Waals surface area (Å²) in [5.41, 5.74) is 1.92. The Hall–Kier alpha value is -2.21. The van der Waals surface area contributed by atoms with E-state index in [2.05, 4.69) is 5.32 Å². The number of ketones is 1. The first-order valence-corrected chi connectivity index (χ1v) is 9.21. The van der Waals surface area contributed by atoms with Crippen LogP contribution in [0.1, 0.15) is 58.9 Å². The van der Waals surface area contributed by atoms with Crippen molar-refractivity contribution in [3.8, 4) is 0 Å². The number of carboxylic acids is 1. The number of aryl methyl sites for hydroxylation is 1. The van der Waals surface area contributed by atoms with Crippen LogP contribution in [0.4, 0.5) is 0 Å². The molecule has 0 atom stereocenters. The average Bonchev–Trinajstić information content (AvgIpc) is 3.33. The molecule has 0 aliphatic heterocycles. The van der Waals surface area contributed by atoms with E-state index in [9.17, 15) is 14.4 Å². The van der Waals surface area contributed by atoms with Crippen molar-refractivity contribution in [3.05, 3.63) is 34.9 Å². The highest BCUT2D eigenvalue weighted by molar-refractivity contribution is 6.00. The third-order valence-electron chi connectivity index (χ3n) is 5.37. The van der Waals surface area contributed by atoms with Gasteiger partial charge in [0.25, 0.3) is 5.91 Å². The number of amides is 1. The van der Waals surface area contributed by atoms with Crippen LogP contribution in [0.3, 0.4) is 0 Å².